The molecule has 0 saturated carbocycles. The third-order valence-corrected chi connectivity index (χ3v) is 7.54. The summed E-state index contributed by atoms with van der Waals surface area (Å²) in [4.78, 5) is 84.5. The Hall–Kier alpha value is -6.09. The van der Waals surface area contributed by atoms with E-state index in [1.807, 2.05) is 13.8 Å². The van der Waals surface area contributed by atoms with Crippen LogP contribution in [0.25, 0.3) is 11.0 Å². The van der Waals surface area contributed by atoms with Crippen molar-refractivity contribution in [2.24, 2.45) is 44.6 Å². The normalized spacial score (nSPS) is 12.9. The number of alkyl halides is 3. The molecule has 0 saturated heterocycles. The van der Waals surface area contributed by atoms with Crippen LogP contribution < -0.4 is 49.8 Å². The number of halogens is 3. The number of guanidine groups is 2. The average Bonchev–Trinajstić information content (AvgIpc) is 3.05. The molecule has 57 heavy (non-hydrogen) atoms. The molecule has 2 rings (SSSR count). The number of nitrogens with two attached hydrogens (primary N) is 5. The van der Waals surface area contributed by atoms with E-state index in [1.165, 1.54) is 17.0 Å². The number of fused-ring (bicyclic) bond motifs is 1. The van der Waals surface area contributed by atoms with Crippen LogP contribution in [0.1, 0.15) is 72.3 Å². The average molecular weight is 815 g/mol. The van der Waals surface area contributed by atoms with Gasteiger partial charge in [0.05, 0.1) is 0 Å². The van der Waals surface area contributed by atoms with Crippen LogP contribution in [-0.2, 0) is 23.9 Å². The van der Waals surface area contributed by atoms with Crippen molar-refractivity contribution in [2.45, 2.75) is 104 Å². The van der Waals surface area contributed by atoms with Gasteiger partial charge in [-0.1, -0.05) is 13.8 Å². The number of aliphatic imine (C=N–C) groups is 2. The molecule has 3 atom stereocenters. The van der Waals surface area contributed by atoms with Crippen molar-refractivity contribution in [1.29, 1.82) is 0 Å². The number of nitrogens with zero attached hydrogens (tertiary/aromatic N) is 3. The number of hydrogen-bond donors (Lipinski definition) is 8. The van der Waals surface area contributed by atoms with Crippen molar-refractivity contribution in [3.63, 3.8) is 0 Å². The van der Waals surface area contributed by atoms with Gasteiger partial charge in [-0.2, -0.15) is 13.2 Å². The minimum atomic E-state index is -5.08. The zero-order valence-electron chi connectivity index (χ0n) is 32.6. The Balaban J connectivity index is 0.00000211. The molecule has 0 aliphatic carbocycles. The molecule has 0 radical (unpaired) electrons. The molecule has 1 aromatic carbocycles. The first-order chi connectivity index (χ1) is 26.2. The van der Waals surface area contributed by atoms with Crippen LogP contribution in [-0.4, -0.2) is 89.8 Å². The number of aryl methyl sites for hydroxylation is 1. The molecular formula is C35H53F3N10O9. The van der Waals surface area contributed by atoms with Crippen molar-refractivity contribution >= 4 is 58.4 Å². The van der Waals surface area contributed by atoms with Gasteiger partial charge in [0.2, 0.25) is 17.7 Å². The van der Waals surface area contributed by atoms with E-state index in [0.717, 1.165) is 0 Å². The van der Waals surface area contributed by atoms with Crippen LogP contribution in [0, 0.1) is 12.8 Å². The monoisotopic (exact) mass is 814 g/mol. The maximum atomic E-state index is 14.7. The van der Waals surface area contributed by atoms with E-state index in [2.05, 4.69) is 20.6 Å². The van der Waals surface area contributed by atoms with Gasteiger partial charge < -0.3 is 53.6 Å². The fourth-order valence-corrected chi connectivity index (χ4v) is 5.17. The van der Waals surface area contributed by atoms with Crippen LogP contribution in [0.2, 0.25) is 0 Å². The number of nitrogens with one attached hydrogen (secondary N) is 2. The number of amides is 4. The first kappa shape index (κ1) is 48.9. The lowest BCUT2D eigenvalue weighted by atomic mass is 10.0. The third-order valence-electron chi connectivity index (χ3n) is 7.54. The van der Waals surface area contributed by atoms with Crippen molar-refractivity contribution in [1.82, 2.24) is 10.6 Å². The lowest BCUT2D eigenvalue weighted by Crippen LogP contribution is -2.58. The van der Waals surface area contributed by atoms with E-state index in [9.17, 15) is 37.1 Å². The summed E-state index contributed by atoms with van der Waals surface area (Å²) in [6.45, 7) is 10.8. The van der Waals surface area contributed by atoms with Gasteiger partial charge in [0.15, 0.2) is 11.9 Å². The standard InChI is InChI=1S/C33H52N10O7.C2HF3O2/c1-18(2)15-23(42-32(48)50-33(4,5)6)28(46)41-22(9-7-13-39-30(35)36)29(47)43(24(27(34)45)10-8-14-40-31(37)38)20-11-12-21-19(3)16-26(44)49-25(21)17-20;3-2(4,5)1(6)7/h11-12,16-18,22-24H,7-10,13-15H2,1-6H3,(H2,34,45)(H,41,46)(H,42,48)(H4,35,36,39)(H4,37,38,40);(H,6,7)/t22-,23-,24-;/m0./s1. The Morgan fingerprint density at radius 1 is 0.895 bits per heavy atom. The summed E-state index contributed by atoms with van der Waals surface area (Å²) in [6.07, 6.45) is -5.10. The molecule has 1 aromatic heterocycles. The molecule has 0 spiro atoms. The molecule has 2 aromatic rings. The third kappa shape index (κ3) is 17.9. The Labute approximate surface area is 326 Å². The summed E-state index contributed by atoms with van der Waals surface area (Å²) in [5, 5.41) is 13.1. The molecule has 0 aliphatic heterocycles. The number of carbonyl (C=O) groups excluding carboxylic acids is 4. The number of hydrogen-bond acceptors (Lipinski definition) is 10. The molecule has 0 fully saturated rings. The highest BCUT2D eigenvalue weighted by atomic mass is 19.4. The van der Waals surface area contributed by atoms with Crippen molar-refractivity contribution < 1.29 is 51.4 Å². The number of carboxylic acid groups (broad SMARTS) is 1. The van der Waals surface area contributed by atoms with Crippen molar-refractivity contribution in [3.05, 3.63) is 40.2 Å². The second-order valence-electron chi connectivity index (χ2n) is 14.1. The second kappa shape index (κ2) is 21.9. The lowest BCUT2D eigenvalue weighted by molar-refractivity contribution is -0.192. The van der Waals surface area contributed by atoms with Crippen LogP contribution in [0.3, 0.4) is 0 Å². The van der Waals surface area contributed by atoms with Gasteiger partial charge in [0.1, 0.15) is 29.3 Å². The highest BCUT2D eigenvalue weighted by molar-refractivity contribution is 6.05. The number of aliphatic carboxylic acids is 1. The zero-order chi connectivity index (χ0) is 43.8. The van der Waals surface area contributed by atoms with E-state index >= 15 is 0 Å². The number of benzene rings is 1. The molecule has 0 aliphatic rings. The van der Waals surface area contributed by atoms with Crippen molar-refractivity contribution in [3.8, 4) is 0 Å². The summed E-state index contributed by atoms with van der Waals surface area (Å²) < 4.78 is 42.5. The number of carbonyl (C=O) groups is 5. The first-order valence-corrected chi connectivity index (χ1v) is 17.6. The fourth-order valence-electron chi connectivity index (χ4n) is 5.17. The fraction of sp³-hybridized carbons (Fsp3) is 0.543. The van der Waals surface area contributed by atoms with Gasteiger partial charge in [-0.3, -0.25) is 29.3 Å². The SMILES string of the molecule is Cc1cc(=O)oc2cc(N(C(=O)[C@H](CCCN=C(N)N)NC(=O)[C@H](CC(C)C)NC(=O)OC(C)(C)C)[C@@H](CCCN=C(N)N)C(N)=O)ccc12.O=C(O)C(F)(F)F. The summed E-state index contributed by atoms with van der Waals surface area (Å²) in [7, 11) is 0. The maximum absolute atomic E-state index is 14.7. The van der Waals surface area contributed by atoms with Crippen LogP contribution >= 0.6 is 0 Å². The molecule has 318 valence electrons. The van der Waals surface area contributed by atoms with Crippen LogP contribution in [0.4, 0.5) is 23.7 Å². The van der Waals surface area contributed by atoms with Gasteiger partial charge >= 0.3 is 23.9 Å². The summed E-state index contributed by atoms with van der Waals surface area (Å²) >= 11 is 0. The highest BCUT2D eigenvalue weighted by Gasteiger charge is 2.38. The summed E-state index contributed by atoms with van der Waals surface area (Å²) in [6, 6.07) is 2.45. The van der Waals surface area contributed by atoms with E-state index in [4.69, 9.17) is 47.7 Å². The molecule has 19 nitrogen and oxygen atoms in total. The van der Waals surface area contributed by atoms with Gasteiger partial charge in [-0.05, 0) is 83.4 Å². The van der Waals surface area contributed by atoms with Crippen LogP contribution in [0.5, 0.6) is 0 Å². The van der Waals surface area contributed by atoms with E-state index in [-0.39, 0.29) is 74.3 Å². The molecule has 1 heterocycles. The minimum Gasteiger partial charge on any atom is -0.475 e. The summed E-state index contributed by atoms with van der Waals surface area (Å²) in [5.41, 5.74) is 27.4. The quantitative estimate of drug-likeness (QED) is 0.0486. The molecule has 13 N–H and O–H groups in total. The lowest BCUT2D eigenvalue weighted by Gasteiger charge is -2.34. The molecule has 22 heteroatoms. The molecule has 4 amide bonds. The Morgan fingerprint density at radius 2 is 1.44 bits per heavy atom. The predicted octanol–water partition coefficient (Wildman–Crippen LogP) is 1.45. The maximum Gasteiger partial charge on any atom is 0.490 e. The van der Waals surface area contributed by atoms with E-state index in [1.54, 1.807) is 39.8 Å². The number of carboxylic acids is 1. The molecule has 0 unspecified atom stereocenters. The van der Waals surface area contributed by atoms with E-state index in [0.29, 0.717) is 10.9 Å². The minimum absolute atomic E-state index is 0.0277. The Kier molecular flexibility index (Phi) is 18.8. The van der Waals surface area contributed by atoms with E-state index < -0.39 is 65.3 Å². The largest absolute Gasteiger partial charge is 0.490 e. The van der Waals surface area contributed by atoms with Gasteiger partial charge in [-0.15, -0.1) is 0 Å². The number of rotatable bonds is 17. The number of anilines is 1. The van der Waals surface area contributed by atoms with Gasteiger partial charge in [0.25, 0.3) is 0 Å². The number of alkyl carbamates (subject to hydrolysis) is 1. The smallest absolute Gasteiger partial charge is 0.475 e. The topological polar surface area (TPSA) is 327 Å². The number of primary amides is 1. The van der Waals surface area contributed by atoms with Crippen LogP contribution in [0.15, 0.2) is 43.5 Å². The highest BCUT2D eigenvalue weighted by Crippen LogP contribution is 2.28. The van der Waals surface area contributed by atoms with Gasteiger partial charge in [0, 0.05) is 36.3 Å². The zero-order valence-corrected chi connectivity index (χ0v) is 32.6. The Bertz CT molecular complexity index is 1830. The second-order valence-corrected chi connectivity index (χ2v) is 14.1. The number of ether oxygens (including phenoxy) is 1. The first-order valence-electron chi connectivity index (χ1n) is 17.6. The molecule has 0 bridgehead atoms. The van der Waals surface area contributed by atoms with Gasteiger partial charge in [-0.25, -0.2) is 14.4 Å². The van der Waals surface area contributed by atoms with Crippen molar-refractivity contribution in [2.75, 3.05) is 18.0 Å². The predicted molar refractivity (Wildman–Crippen MR) is 206 cm³/mol. The molecular weight excluding hydrogens is 761 g/mol. The summed E-state index contributed by atoms with van der Waals surface area (Å²) in [5.74, 6) is -5.30. The Morgan fingerprint density at radius 3 is 1.91 bits per heavy atom.